The highest BCUT2D eigenvalue weighted by molar-refractivity contribution is 6.31. The summed E-state index contributed by atoms with van der Waals surface area (Å²) in [6, 6.07) is 5.75. The number of methoxy groups -OCH3 is 1. The number of rotatable bonds is 4. The Morgan fingerprint density at radius 2 is 2.10 bits per heavy atom. The number of benzene rings is 1. The van der Waals surface area contributed by atoms with Crippen LogP contribution in [0.15, 0.2) is 18.2 Å². The Morgan fingerprint density at radius 1 is 1.40 bits per heavy atom. The fourth-order valence-corrected chi connectivity index (χ4v) is 2.53. The largest absolute Gasteiger partial charge is 0.496 e. The SMILES string of the molecule is COc1cc(C)ccc1C(O)Cc1c(Cl)c(C)nn1C. The summed E-state index contributed by atoms with van der Waals surface area (Å²) in [6.45, 7) is 3.84. The summed E-state index contributed by atoms with van der Waals surface area (Å²) in [7, 11) is 3.43. The molecule has 1 aromatic heterocycles. The van der Waals surface area contributed by atoms with E-state index in [9.17, 15) is 5.11 Å². The number of nitrogens with zero attached hydrogens (tertiary/aromatic N) is 2. The van der Waals surface area contributed by atoms with Gasteiger partial charge in [-0.15, -0.1) is 0 Å². The van der Waals surface area contributed by atoms with Crippen molar-refractivity contribution < 1.29 is 9.84 Å². The van der Waals surface area contributed by atoms with E-state index in [-0.39, 0.29) is 0 Å². The molecule has 20 heavy (non-hydrogen) atoms. The molecule has 108 valence electrons. The zero-order chi connectivity index (χ0) is 14.9. The van der Waals surface area contributed by atoms with Crippen molar-refractivity contribution in [3.8, 4) is 5.75 Å². The Labute approximate surface area is 123 Å². The van der Waals surface area contributed by atoms with Crippen LogP contribution in [-0.4, -0.2) is 22.0 Å². The molecule has 2 aromatic rings. The average molecular weight is 295 g/mol. The van der Waals surface area contributed by atoms with Crippen molar-refractivity contribution in [2.24, 2.45) is 7.05 Å². The van der Waals surface area contributed by atoms with Gasteiger partial charge in [-0.05, 0) is 25.5 Å². The summed E-state index contributed by atoms with van der Waals surface area (Å²) in [6.07, 6.45) is -0.284. The van der Waals surface area contributed by atoms with E-state index >= 15 is 0 Å². The molecule has 2 rings (SSSR count). The minimum absolute atomic E-state index is 0.398. The third-order valence-corrected chi connectivity index (χ3v) is 3.89. The average Bonchev–Trinajstić information content (AvgIpc) is 2.65. The monoisotopic (exact) mass is 294 g/mol. The lowest BCUT2D eigenvalue weighted by molar-refractivity contribution is 0.171. The van der Waals surface area contributed by atoms with Gasteiger partial charge < -0.3 is 9.84 Å². The molecule has 0 saturated carbocycles. The molecular formula is C15H19ClN2O2. The van der Waals surface area contributed by atoms with Crippen molar-refractivity contribution in [2.45, 2.75) is 26.4 Å². The van der Waals surface area contributed by atoms with Crippen molar-refractivity contribution in [1.29, 1.82) is 0 Å². The van der Waals surface area contributed by atoms with Crippen LogP contribution in [0.2, 0.25) is 5.02 Å². The third-order valence-electron chi connectivity index (χ3n) is 3.40. The molecule has 5 heteroatoms. The van der Waals surface area contributed by atoms with Gasteiger partial charge >= 0.3 is 0 Å². The van der Waals surface area contributed by atoms with Crippen LogP contribution < -0.4 is 4.74 Å². The zero-order valence-electron chi connectivity index (χ0n) is 12.1. The third kappa shape index (κ3) is 2.81. The highest BCUT2D eigenvalue weighted by Crippen LogP contribution is 2.31. The van der Waals surface area contributed by atoms with Crippen molar-refractivity contribution >= 4 is 11.6 Å². The maximum absolute atomic E-state index is 10.5. The van der Waals surface area contributed by atoms with Crippen LogP contribution >= 0.6 is 11.6 Å². The maximum Gasteiger partial charge on any atom is 0.124 e. The molecule has 0 bridgehead atoms. The van der Waals surface area contributed by atoms with E-state index in [1.807, 2.05) is 39.1 Å². The van der Waals surface area contributed by atoms with Gasteiger partial charge in [-0.1, -0.05) is 23.7 Å². The minimum atomic E-state index is -0.683. The van der Waals surface area contributed by atoms with Gasteiger partial charge in [0, 0.05) is 19.0 Å². The highest BCUT2D eigenvalue weighted by atomic mass is 35.5. The van der Waals surface area contributed by atoms with Crippen LogP contribution in [0.5, 0.6) is 5.75 Å². The van der Waals surface area contributed by atoms with Gasteiger partial charge in [-0.2, -0.15) is 5.10 Å². The molecule has 0 aliphatic carbocycles. The van der Waals surface area contributed by atoms with Gasteiger partial charge in [-0.3, -0.25) is 4.68 Å². The van der Waals surface area contributed by atoms with Crippen molar-refractivity contribution in [3.05, 3.63) is 45.7 Å². The summed E-state index contributed by atoms with van der Waals surface area (Å²) >= 11 is 6.22. The van der Waals surface area contributed by atoms with E-state index in [0.717, 1.165) is 22.5 Å². The molecular weight excluding hydrogens is 276 g/mol. The van der Waals surface area contributed by atoms with E-state index in [0.29, 0.717) is 17.2 Å². The lowest BCUT2D eigenvalue weighted by atomic mass is 10.0. The molecule has 1 unspecified atom stereocenters. The molecule has 1 N–H and O–H groups in total. The van der Waals surface area contributed by atoms with Gasteiger partial charge in [-0.25, -0.2) is 0 Å². The second kappa shape index (κ2) is 5.85. The quantitative estimate of drug-likeness (QED) is 0.943. The summed E-state index contributed by atoms with van der Waals surface area (Å²) in [5.41, 5.74) is 3.44. The van der Waals surface area contributed by atoms with Crippen LogP contribution in [-0.2, 0) is 13.5 Å². The number of halogens is 1. The van der Waals surface area contributed by atoms with Crippen molar-refractivity contribution in [2.75, 3.05) is 7.11 Å². The lowest BCUT2D eigenvalue weighted by Crippen LogP contribution is -2.08. The minimum Gasteiger partial charge on any atom is -0.496 e. The van der Waals surface area contributed by atoms with E-state index in [4.69, 9.17) is 16.3 Å². The first kappa shape index (κ1) is 14.9. The molecule has 4 nitrogen and oxygen atoms in total. The van der Waals surface area contributed by atoms with E-state index < -0.39 is 6.10 Å². The second-order valence-corrected chi connectivity index (χ2v) is 5.31. The van der Waals surface area contributed by atoms with Gasteiger partial charge in [0.15, 0.2) is 0 Å². The number of hydrogen-bond acceptors (Lipinski definition) is 3. The molecule has 0 fully saturated rings. The first-order chi connectivity index (χ1) is 9.43. The Morgan fingerprint density at radius 3 is 2.65 bits per heavy atom. The Hall–Kier alpha value is -1.52. The van der Waals surface area contributed by atoms with Gasteiger partial charge in [0.05, 0.1) is 29.6 Å². The Bertz CT molecular complexity index is 623. The topological polar surface area (TPSA) is 47.3 Å². The van der Waals surface area contributed by atoms with Crippen LogP contribution in [0.1, 0.15) is 28.6 Å². The number of ether oxygens (including phenoxy) is 1. The number of aryl methyl sites for hydroxylation is 3. The maximum atomic E-state index is 10.5. The first-order valence-electron chi connectivity index (χ1n) is 6.44. The standard InChI is InChI=1S/C15H19ClN2O2/c1-9-5-6-11(14(7-9)20-4)13(19)8-12-15(16)10(2)17-18(12)3/h5-7,13,19H,8H2,1-4H3. The van der Waals surface area contributed by atoms with E-state index in [2.05, 4.69) is 5.10 Å². The van der Waals surface area contributed by atoms with Crippen LogP contribution in [0.25, 0.3) is 0 Å². The number of aliphatic hydroxyl groups is 1. The van der Waals surface area contributed by atoms with Gasteiger partial charge in [0.25, 0.3) is 0 Å². The molecule has 1 heterocycles. The van der Waals surface area contributed by atoms with Crippen LogP contribution in [0.4, 0.5) is 0 Å². The molecule has 0 amide bonds. The molecule has 0 aliphatic heterocycles. The van der Waals surface area contributed by atoms with Gasteiger partial charge in [0.1, 0.15) is 5.75 Å². The predicted molar refractivity (Wildman–Crippen MR) is 79.3 cm³/mol. The Kier molecular flexibility index (Phi) is 4.35. The summed E-state index contributed by atoms with van der Waals surface area (Å²) in [5.74, 6) is 0.688. The van der Waals surface area contributed by atoms with Crippen LogP contribution in [0, 0.1) is 13.8 Å². The van der Waals surface area contributed by atoms with E-state index in [1.165, 1.54) is 0 Å². The number of hydrogen-bond donors (Lipinski definition) is 1. The Balaban J connectivity index is 2.30. The van der Waals surface area contributed by atoms with Crippen molar-refractivity contribution in [1.82, 2.24) is 9.78 Å². The summed E-state index contributed by atoms with van der Waals surface area (Å²) in [5, 5.41) is 15.3. The summed E-state index contributed by atoms with van der Waals surface area (Å²) in [4.78, 5) is 0. The fraction of sp³-hybridized carbons (Fsp3) is 0.400. The highest BCUT2D eigenvalue weighted by Gasteiger charge is 2.19. The molecule has 0 aliphatic rings. The van der Waals surface area contributed by atoms with Crippen LogP contribution in [0.3, 0.4) is 0 Å². The molecule has 0 saturated heterocycles. The van der Waals surface area contributed by atoms with Crippen molar-refractivity contribution in [3.63, 3.8) is 0 Å². The zero-order valence-corrected chi connectivity index (χ0v) is 12.9. The predicted octanol–water partition coefficient (Wildman–Crippen LogP) is 2.98. The molecule has 1 aromatic carbocycles. The molecule has 1 atom stereocenters. The fourth-order valence-electron chi connectivity index (χ4n) is 2.29. The van der Waals surface area contributed by atoms with Gasteiger partial charge in [0.2, 0.25) is 0 Å². The smallest absolute Gasteiger partial charge is 0.124 e. The van der Waals surface area contributed by atoms with E-state index in [1.54, 1.807) is 11.8 Å². The summed E-state index contributed by atoms with van der Waals surface area (Å²) < 4.78 is 7.05. The second-order valence-electron chi connectivity index (χ2n) is 4.94. The normalized spacial score (nSPS) is 12.5. The first-order valence-corrected chi connectivity index (χ1v) is 6.82. The number of aromatic nitrogens is 2. The molecule has 0 spiro atoms. The number of aliphatic hydroxyl groups excluding tert-OH is 1. The lowest BCUT2D eigenvalue weighted by Gasteiger charge is -2.15. The molecule has 0 radical (unpaired) electrons.